The minimum absolute atomic E-state index is 0.0106. The van der Waals surface area contributed by atoms with E-state index in [-0.39, 0.29) is 24.9 Å². The monoisotopic (exact) mass is 270 g/mol. The predicted molar refractivity (Wildman–Crippen MR) is 64.5 cm³/mol. The first kappa shape index (κ1) is 13.8. The van der Waals surface area contributed by atoms with Crippen LogP contribution >= 0.6 is 0 Å². The number of aliphatic carboxylic acids is 2. The molecule has 0 aromatic heterocycles. The topological polar surface area (TPSA) is 107 Å². The molecule has 2 aliphatic heterocycles. The van der Waals surface area contributed by atoms with Crippen LogP contribution in [0.4, 0.5) is 0 Å². The average Bonchev–Trinajstić information content (AvgIpc) is 2.90. The van der Waals surface area contributed by atoms with Crippen molar-refractivity contribution in [2.75, 3.05) is 19.6 Å². The van der Waals surface area contributed by atoms with Crippen molar-refractivity contribution in [3.05, 3.63) is 0 Å². The van der Waals surface area contributed by atoms with Crippen molar-refractivity contribution in [1.29, 1.82) is 0 Å². The molecular formula is C12H18N2O5. The largest absolute Gasteiger partial charge is 0.481 e. The zero-order valence-corrected chi connectivity index (χ0v) is 10.5. The summed E-state index contributed by atoms with van der Waals surface area (Å²) in [5.41, 5.74) is 0. The normalized spacial score (nSPS) is 31.2. The molecule has 7 heteroatoms. The molecule has 3 unspecified atom stereocenters. The van der Waals surface area contributed by atoms with Gasteiger partial charge in [-0.05, 0) is 25.8 Å². The number of nitrogens with one attached hydrogen (secondary N) is 1. The molecule has 2 fully saturated rings. The summed E-state index contributed by atoms with van der Waals surface area (Å²) in [6.45, 7) is 1.10. The standard InChI is InChI=1S/C12H18N2O5/c15-10(9-2-1-4-13-9)14-5-3-7(11(16)17)8(6-14)12(18)19/h7-9,13H,1-6H2,(H,16,17)(H,18,19). The smallest absolute Gasteiger partial charge is 0.309 e. The third-order valence-corrected chi connectivity index (χ3v) is 3.92. The maximum atomic E-state index is 12.2. The van der Waals surface area contributed by atoms with E-state index in [9.17, 15) is 14.4 Å². The minimum Gasteiger partial charge on any atom is -0.481 e. The lowest BCUT2D eigenvalue weighted by atomic mass is 9.85. The van der Waals surface area contributed by atoms with Crippen LogP contribution in [0.2, 0.25) is 0 Å². The molecular weight excluding hydrogens is 252 g/mol. The van der Waals surface area contributed by atoms with Crippen molar-refractivity contribution in [2.24, 2.45) is 11.8 Å². The first-order valence-corrected chi connectivity index (χ1v) is 6.48. The summed E-state index contributed by atoms with van der Waals surface area (Å²) in [6.07, 6.45) is 1.89. The number of piperidine rings is 1. The maximum Gasteiger partial charge on any atom is 0.309 e. The Labute approximate surface area is 110 Å². The lowest BCUT2D eigenvalue weighted by Gasteiger charge is -2.35. The molecule has 1 amide bonds. The number of rotatable bonds is 3. The van der Waals surface area contributed by atoms with Crippen molar-refractivity contribution in [1.82, 2.24) is 10.2 Å². The van der Waals surface area contributed by atoms with Crippen molar-refractivity contribution in [3.63, 3.8) is 0 Å². The Kier molecular flexibility index (Phi) is 4.04. The number of carboxylic acids is 2. The number of nitrogens with zero attached hydrogens (tertiary/aromatic N) is 1. The predicted octanol–water partition coefficient (Wildman–Crippen LogP) is -0.628. The van der Waals surface area contributed by atoms with E-state index in [1.54, 1.807) is 0 Å². The zero-order valence-electron chi connectivity index (χ0n) is 10.5. The third-order valence-electron chi connectivity index (χ3n) is 3.92. The molecule has 0 radical (unpaired) electrons. The first-order valence-electron chi connectivity index (χ1n) is 6.48. The number of hydrogen-bond donors (Lipinski definition) is 3. The zero-order chi connectivity index (χ0) is 14.0. The summed E-state index contributed by atoms with van der Waals surface area (Å²) < 4.78 is 0. The molecule has 0 bridgehead atoms. The van der Waals surface area contributed by atoms with Gasteiger partial charge in [0, 0.05) is 13.1 Å². The van der Waals surface area contributed by atoms with E-state index in [1.807, 2.05) is 0 Å². The van der Waals surface area contributed by atoms with Crippen molar-refractivity contribution in [2.45, 2.75) is 25.3 Å². The summed E-state index contributed by atoms with van der Waals surface area (Å²) in [4.78, 5) is 35.8. The van der Waals surface area contributed by atoms with Gasteiger partial charge in [0.15, 0.2) is 0 Å². The van der Waals surface area contributed by atoms with Gasteiger partial charge in [0.2, 0.25) is 5.91 Å². The Morgan fingerprint density at radius 1 is 1.05 bits per heavy atom. The SMILES string of the molecule is O=C(O)C1CCN(C(=O)C2CCCN2)CC1C(=O)O. The van der Waals surface area contributed by atoms with Crippen LogP contribution in [0.25, 0.3) is 0 Å². The number of amides is 1. The molecule has 0 aliphatic carbocycles. The van der Waals surface area contributed by atoms with Gasteiger partial charge in [-0.1, -0.05) is 0 Å². The van der Waals surface area contributed by atoms with E-state index in [0.29, 0.717) is 6.54 Å². The number of carbonyl (C=O) groups is 3. The number of likely N-dealkylation sites (tertiary alicyclic amines) is 1. The highest BCUT2D eigenvalue weighted by molar-refractivity contribution is 5.85. The van der Waals surface area contributed by atoms with Crippen molar-refractivity contribution in [3.8, 4) is 0 Å². The number of carbonyl (C=O) groups excluding carboxylic acids is 1. The molecule has 3 N–H and O–H groups in total. The molecule has 2 heterocycles. The molecule has 0 saturated carbocycles. The highest BCUT2D eigenvalue weighted by Crippen LogP contribution is 2.25. The lowest BCUT2D eigenvalue weighted by Crippen LogP contribution is -2.52. The maximum absolute atomic E-state index is 12.2. The molecule has 106 valence electrons. The van der Waals surface area contributed by atoms with Gasteiger partial charge < -0.3 is 20.4 Å². The summed E-state index contributed by atoms with van der Waals surface area (Å²) in [7, 11) is 0. The third kappa shape index (κ3) is 2.86. The van der Waals surface area contributed by atoms with E-state index >= 15 is 0 Å². The van der Waals surface area contributed by atoms with Crippen molar-refractivity contribution >= 4 is 17.8 Å². The number of hydrogen-bond acceptors (Lipinski definition) is 4. The second-order valence-corrected chi connectivity index (χ2v) is 5.11. The van der Waals surface area contributed by atoms with Gasteiger partial charge in [0.05, 0.1) is 17.9 Å². The first-order chi connectivity index (χ1) is 9.00. The van der Waals surface area contributed by atoms with Gasteiger partial charge in [-0.3, -0.25) is 14.4 Å². The lowest BCUT2D eigenvalue weighted by molar-refractivity contribution is -0.159. The van der Waals surface area contributed by atoms with Crippen LogP contribution in [0.1, 0.15) is 19.3 Å². The summed E-state index contributed by atoms with van der Waals surface area (Å²) in [5.74, 6) is -4.27. The van der Waals surface area contributed by atoms with Crippen LogP contribution in [0.15, 0.2) is 0 Å². The minimum atomic E-state index is -1.15. The Balaban J connectivity index is 2.03. The number of carboxylic acid groups (broad SMARTS) is 2. The van der Waals surface area contributed by atoms with Gasteiger partial charge >= 0.3 is 11.9 Å². The average molecular weight is 270 g/mol. The highest BCUT2D eigenvalue weighted by Gasteiger charge is 2.41. The Bertz CT molecular complexity index is 392. The van der Waals surface area contributed by atoms with E-state index in [2.05, 4.69) is 5.32 Å². The second-order valence-electron chi connectivity index (χ2n) is 5.11. The van der Waals surface area contributed by atoms with Gasteiger partial charge in [-0.25, -0.2) is 0 Å². The summed E-state index contributed by atoms with van der Waals surface area (Å²) in [6, 6.07) is -0.240. The fraction of sp³-hybridized carbons (Fsp3) is 0.750. The fourth-order valence-electron chi connectivity index (χ4n) is 2.81. The van der Waals surface area contributed by atoms with E-state index in [0.717, 1.165) is 19.4 Å². The molecule has 3 atom stereocenters. The van der Waals surface area contributed by atoms with E-state index in [1.165, 1.54) is 4.90 Å². The highest BCUT2D eigenvalue weighted by atomic mass is 16.4. The van der Waals surface area contributed by atoms with E-state index in [4.69, 9.17) is 10.2 Å². The second kappa shape index (κ2) is 5.56. The van der Waals surface area contributed by atoms with Crippen LogP contribution < -0.4 is 5.32 Å². The molecule has 7 nitrogen and oxygen atoms in total. The van der Waals surface area contributed by atoms with Crippen LogP contribution in [-0.4, -0.2) is 58.6 Å². The van der Waals surface area contributed by atoms with Crippen LogP contribution in [0.3, 0.4) is 0 Å². The van der Waals surface area contributed by atoms with Gasteiger partial charge in [-0.15, -0.1) is 0 Å². The van der Waals surface area contributed by atoms with Gasteiger partial charge in [0.1, 0.15) is 0 Å². The molecule has 19 heavy (non-hydrogen) atoms. The van der Waals surface area contributed by atoms with E-state index < -0.39 is 23.8 Å². The molecule has 0 aromatic rings. The Morgan fingerprint density at radius 3 is 2.26 bits per heavy atom. The van der Waals surface area contributed by atoms with Gasteiger partial charge in [0.25, 0.3) is 0 Å². The Hall–Kier alpha value is -1.63. The molecule has 2 rings (SSSR count). The molecule has 0 spiro atoms. The quantitative estimate of drug-likeness (QED) is 0.630. The van der Waals surface area contributed by atoms with Crippen LogP contribution in [0, 0.1) is 11.8 Å². The van der Waals surface area contributed by atoms with Crippen LogP contribution in [0.5, 0.6) is 0 Å². The molecule has 2 aliphatic rings. The molecule has 0 aromatic carbocycles. The molecule has 2 saturated heterocycles. The van der Waals surface area contributed by atoms with Crippen LogP contribution in [-0.2, 0) is 14.4 Å². The summed E-state index contributed by atoms with van der Waals surface area (Å²) in [5, 5.41) is 21.2. The Morgan fingerprint density at radius 2 is 1.74 bits per heavy atom. The van der Waals surface area contributed by atoms with Crippen molar-refractivity contribution < 1.29 is 24.6 Å². The fourth-order valence-corrected chi connectivity index (χ4v) is 2.81. The van der Waals surface area contributed by atoms with Gasteiger partial charge in [-0.2, -0.15) is 0 Å². The summed E-state index contributed by atoms with van der Waals surface area (Å²) >= 11 is 0.